The van der Waals surface area contributed by atoms with Crippen LogP contribution in [-0.4, -0.2) is 11.6 Å². The molecule has 0 saturated heterocycles. The summed E-state index contributed by atoms with van der Waals surface area (Å²) in [5.74, 6) is 0.641. The van der Waals surface area contributed by atoms with Crippen LogP contribution in [0.5, 0.6) is 0 Å². The molecule has 0 bridgehead atoms. The third kappa shape index (κ3) is 4.16. The van der Waals surface area contributed by atoms with E-state index in [4.69, 9.17) is 0 Å². The van der Waals surface area contributed by atoms with Crippen molar-refractivity contribution in [1.29, 1.82) is 0 Å². The van der Waals surface area contributed by atoms with Crippen molar-refractivity contribution >= 4 is 11.6 Å². The minimum absolute atomic E-state index is 0.112. The predicted molar refractivity (Wildman–Crippen MR) is 87.5 cm³/mol. The summed E-state index contributed by atoms with van der Waals surface area (Å²) in [7, 11) is 0. The Hall–Kier alpha value is -1.64. The lowest BCUT2D eigenvalue weighted by Gasteiger charge is -2.34. The normalized spacial score (nSPS) is 19.2. The number of hydrogen-bond acceptors (Lipinski definition) is 2. The van der Waals surface area contributed by atoms with Gasteiger partial charge >= 0.3 is 0 Å². The van der Waals surface area contributed by atoms with Crippen LogP contribution in [0.2, 0.25) is 0 Å². The zero-order valence-electron chi connectivity index (χ0n) is 13.6. The Morgan fingerprint density at radius 2 is 1.81 bits per heavy atom. The first-order valence-electron chi connectivity index (χ1n) is 7.79. The maximum atomic E-state index is 12.1. The van der Waals surface area contributed by atoms with Crippen molar-refractivity contribution in [2.75, 3.05) is 0 Å². The highest BCUT2D eigenvalue weighted by Crippen LogP contribution is 2.36. The Kier molecular flexibility index (Phi) is 4.81. The molecular weight excluding hydrogens is 260 g/mol. The molecule has 2 rings (SSSR count). The van der Waals surface area contributed by atoms with Crippen molar-refractivity contribution in [1.82, 2.24) is 5.43 Å². The molecule has 0 aliphatic heterocycles. The first kappa shape index (κ1) is 15.7. The Morgan fingerprint density at radius 3 is 2.38 bits per heavy atom. The minimum Gasteiger partial charge on any atom is -0.267 e. The molecule has 21 heavy (non-hydrogen) atoms. The first-order valence-corrected chi connectivity index (χ1v) is 7.79. The number of amides is 1. The van der Waals surface area contributed by atoms with Crippen LogP contribution < -0.4 is 5.43 Å². The molecule has 1 amide bonds. The summed E-state index contributed by atoms with van der Waals surface area (Å²) in [5.41, 5.74) is 5.88. The standard InChI is InChI=1S/C18H26N2O/c1-13-7-5-6-8-16(13)17(21)20-19-15-11-9-14(10-12-15)18(2,3)4/h5-8,14H,9-12H2,1-4H3,(H,20,21). The predicted octanol–water partition coefficient (Wildman–Crippen LogP) is 4.32. The van der Waals surface area contributed by atoms with E-state index in [0.29, 0.717) is 11.0 Å². The summed E-state index contributed by atoms with van der Waals surface area (Å²) in [6.07, 6.45) is 4.33. The second kappa shape index (κ2) is 6.42. The number of hydrogen-bond donors (Lipinski definition) is 1. The molecule has 0 spiro atoms. The first-order chi connectivity index (χ1) is 9.88. The van der Waals surface area contributed by atoms with Crippen LogP contribution in [-0.2, 0) is 0 Å². The molecule has 1 aliphatic carbocycles. The van der Waals surface area contributed by atoms with E-state index in [1.54, 1.807) is 0 Å². The molecule has 114 valence electrons. The number of carbonyl (C=O) groups excluding carboxylic acids is 1. The van der Waals surface area contributed by atoms with E-state index in [9.17, 15) is 4.79 Å². The van der Waals surface area contributed by atoms with Gasteiger partial charge in [-0.2, -0.15) is 5.10 Å². The van der Waals surface area contributed by atoms with Crippen molar-refractivity contribution in [3.8, 4) is 0 Å². The van der Waals surface area contributed by atoms with E-state index in [1.807, 2.05) is 31.2 Å². The maximum absolute atomic E-state index is 12.1. The number of nitrogens with zero attached hydrogens (tertiary/aromatic N) is 1. The molecule has 0 radical (unpaired) electrons. The van der Waals surface area contributed by atoms with Crippen LogP contribution in [0, 0.1) is 18.3 Å². The van der Waals surface area contributed by atoms with E-state index in [-0.39, 0.29) is 5.91 Å². The van der Waals surface area contributed by atoms with Gasteiger partial charge in [0.1, 0.15) is 0 Å². The number of nitrogens with one attached hydrogen (secondary N) is 1. The topological polar surface area (TPSA) is 41.5 Å². The van der Waals surface area contributed by atoms with Crippen molar-refractivity contribution in [3.05, 3.63) is 35.4 Å². The molecule has 0 heterocycles. The van der Waals surface area contributed by atoms with Gasteiger partial charge in [0.25, 0.3) is 5.91 Å². The summed E-state index contributed by atoms with van der Waals surface area (Å²) in [5, 5.41) is 4.33. The van der Waals surface area contributed by atoms with Gasteiger partial charge in [-0.25, -0.2) is 5.43 Å². The largest absolute Gasteiger partial charge is 0.271 e. The Balaban J connectivity index is 1.92. The van der Waals surface area contributed by atoms with Crippen LogP contribution in [0.4, 0.5) is 0 Å². The second-order valence-electron chi connectivity index (χ2n) is 7.07. The average molecular weight is 286 g/mol. The number of carbonyl (C=O) groups is 1. The van der Waals surface area contributed by atoms with Gasteiger partial charge in [0.2, 0.25) is 0 Å². The smallest absolute Gasteiger partial charge is 0.267 e. The number of hydrazone groups is 1. The van der Waals surface area contributed by atoms with Crippen LogP contribution in [0.25, 0.3) is 0 Å². The summed E-state index contributed by atoms with van der Waals surface area (Å²) in [6.45, 7) is 8.86. The van der Waals surface area contributed by atoms with E-state index in [0.717, 1.165) is 30.0 Å². The number of aryl methyl sites for hydroxylation is 1. The highest BCUT2D eigenvalue weighted by atomic mass is 16.2. The van der Waals surface area contributed by atoms with Crippen molar-refractivity contribution < 1.29 is 4.79 Å². The fourth-order valence-electron chi connectivity index (χ4n) is 2.95. The SMILES string of the molecule is Cc1ccccc1C(=O)NN=C1CCC(C(C)(C)C)CC1. The van der Waals surface area contributed by atoms with Crippen LogP contribution in [0.15, 0.2) is 29.4 Å². The molecule has 3 heteroatoms. The van der Waals surface area contributed by atoms with Crippen LogP contribution in [0.1, 0.15) is 62.4 Å². The molecule has 1 aromatic rings. The number of rotatable bonds is 2. The highest BCUT2D eigenvalue weighted by Gasteiger charge is 2.28. The molecule has 0 unspecified atom stereocenters. The van der Waals surface area contributed by atoms with Crippen LogP contribution >= 0.6 is 0 Å². The second-order valence-corrected chi connectivity index (χ2v) is 7.07. The minimum atomic E-state index is -0.112. The van der Waals surface area contributed by atoms with Gasteiger partial charge in [-0.05, 0) is 55.6 Å². The lowest BCUT2D eigenvalue weighted by molar-refractivity contribution is 0.0953. The Bertz CT molecular complexity index is 530. The van der Waals surface area contributed by atoms with Gasteiger partial charge in [-0.3, -0.25) is 4.79 Å². The van der Waals surface area contributed by atoms with Gasteiger partial charge in [0.05, 0.1) is 0 Å². The molecule has 3 nitrogen and oxygen atoms in total. The zero-order valence-corrected chi connectivity index (χ0v) is 13.6. The molecule has 1 N–H and O–H groups in total. The molecule has 1 aromatic carbocycles. The van der Waals surface area contributed by atoms with Crippen molar-refractivity contribution in [2.45, 2.75) is 53.4 Å². The number of benzene rings is 1. The van der Waals surface area contributed by atoms with Crippen molar-refractivity contribution in [2.24, 2.45) is 16.4 Å². The summed E-state index contributed by atoms with van der Waals surface area (Å²) >= 11 is 0. The highest BCUT2D eigenvalue weighted by molar-refractivity contribution is 5.96. The van der Waals surface area contributed by atoms with Gasteiger partial charge < -0.3 is 0 Å². The van der Waals surface area contributed by atoms with E-state index < -0.39 is 0 Å². The van der Waals surface area contributed by atoms with E-state index >= 15 is 0 Å². The van der Waals surface area contributed by atoms with Gasteiger partial charge in [-0.15, -0.1) is 0 Å². The molecule has 0 atom stereocenters. The molecule has 1 saturated carbocycles. The quantitative estimate of drug-likeness (QED) is 0.808. The van der Waals surface area contributed by atoms with E-state index in [2.05, 4.69) is 31.3 Å². The fourth-order valence-corrected chi connectivity index (χ4v) is 2.95. The molecule has 1 aliphatic rings. The maximum Gasteiger partial charge on any atom is 0.271 e. The molecule has 0 aromatic heterocycles. The molecule has 1 fully saturated rings. The fraction of sp³-hybridized carbons (Fsp3) is 0.556. The summed E-state index contributed by atoms with van der Waals surface area (Å²) < 4.78 is 0. The Morgan fingerprint density at radius 1 is 1.19 bits per heavy atom. The van der Waals surface area contributed by atoms with Crippen LogP contribution in [0.3, 0.4) is 0 Å². The summed E-state index contributed by atoms with van der Waals surface area (Å²) in [4.78, 5) is 12.1. The van der Waals surface area contributed by atoms with Crippen molar-refractivity contribution in [3.63, 3.8) is 0 Å². The summed E-state index contributed by atoms with van der Waals surface area (Å²) in [6, 6.07) is 7.59. The third-order valence-corrected chi connectivity index (χ3v) is 4.49. The average Bonchev–Trinajstić information content (AvgIpc) is 2.45. The van der Waals surface area contributed by atoms with Gasteiger partial charge in [-0.1, -0.05) is 39.0 Å². The molecular formula is C18H26N2O. The van der Waals surface area contributed by atoms with Gasteiger partial charge in [0.15, 0.2) is 0 Å². The lowest BCUT2D eigenvalue weighted by Crippen LogP contribution is -2.27. The van der Waals surface area contributed by atoms with E-state index in [1.165, 1.54) is 12.8 Å². The monoisotopic (exact) mass is 286 g/mol. The zero-order chi connectivity index (χ0) is 15.5. The third-order valence-electron chi connectivity index (χ3n) is 4.49. The Labute approximate surface area is 127 Å². The van der Waals surface area contributed by atoms with Gasteiger partial charge in [0, 0.05) is 11.3 Å². The lowest BCUT2D eigenvalue weighted by atomic mass is 9.72.